The van der Waals surface area contributed by atoms with Crippen LogP contribution in [0.3, 0.4) is 0 Å². The number of anilines is 1. The van der Waals surface area contributed by atoms with Crippen molar-refractivity contribution < 1.29 is 23.7 Å². The van der Waals surface area contributed by atoms with Crippen molar-refractivity contribution in [1.29, 1.82) is 0 Å². The Labute approximate surface area is 183 Å². The van der Waals surface area contributed by atoms with Gasteiger partial charge in [-0.25, -0.2) is 0 Å². The highest BCUT2D eigenvalue weighted by Crippen LogP contribution is 2.38. The van der Waals surface area contributed by atoms with Crippen molar-refractivity contribution in [2.24, 2.45) is 17.4 Å². The monoisotopic (exact) mass is 431 g/mol. The molecule has 0 unspecified atom stereocenters. The molecular weight excluding hydrogens is 398 g/mol. The van der Waals surface area contributed by atoms with Crippen molar-refractivity contribution in [1.82, 2.24) is 0 Å². The number of amides is 1. The van der Waals surface area contributed by atoms with Crippen molar-refractivity contribution in [2.45, 2.75) is 19.9 Å². The molecule has 0 saturated heterocycles. The smallest absolute Gasteiger partial charge is 0.234 e. The standard InChI is InChI=1S/C18H21NO4.C5H12N2O/c1-20-15-8-7-12(9-14(15)19)5-6-13-10-16(21-2)18(23-4)17(11-13)22-3;1-3(2)4(6)5(7)8/h5-11H,19H2,1-4H3;3-4H,6H2,1-2H3,(H2,7,8)/t;4-/m.1/s1. The number of ether oxygens (including phenoxy) is 4. The van der Waals surface area contributed by atoms with E-state index in [1.807, 2.05) is 56.3 Å². The van der Waals surface area contributed by atoms with E-state index in [4.69, 9.17) is 36.1 Å². The van der Waals surface area contributed by atoms with E-state index in [0.717, 1.165) is 11.1 Å². The van der Waals surface area contributed by atoms with Crippen LogP contribution in [0, 0.1) is 5.92 Å². The summed E-state index contributed by atoms with van der Waals surface area (Å²) >= 11 is 0. The molecule has 0 aliphatic heterocycles. The molecule has 8 nitrogen and oxygen atoms in total. The summed E-state index contributed by atoms with van der Waals surface area (Å²) in [6.45, 7) is 3.71. The van der Waals surface area contributed by atoms with E-state index in [0.29, 0.717) is 28.7 Å². The van der Waals surface area contributed by atoms with Gasteiger partial charge in [0, 0.05) is 0 Å². The van der Waals surface area contributed by atoms with Crippen LogP contribution in [0.4, 0.5) is 5.69 Å². The molecule has 0 bridgehead atoms. The highest BCUT2D eigenvalue weighted by molar-refractivity contribution is 5.79. The molecule has 0 aliphatic rings. The number of carbonyl (C=O) groups is 1. The van der Waals surface area contributed by atoms with Crippen LogP contribution in [0.5, 0.6) is 23.0 Å². The van der Waals surface area contributed by atoms with Gasteiger partial charge in [-0.3, -0.25) is 4.79 Å². The largest absolute Gasteiger partial charge is 0.495 e. The Bertz CT molecular complexity index is 872. The SMILES string of the molecule is CC(C)[C@@H](N)C(N)=O.COc1ccc(C=Cc2cc(OC)c(OC)c(OC)c2)cc1N. The van der Waals surface area contributed by atoms with Crippen molar-refractivity contribution in [3.8, 4) is 23.0 Å². The fraction of sp³-hybridized carbons (Fsp3) is 0.348. The van der Waals surface area contributed by atoms with E-state index in [2.05, 4.69) is 0 Å². The number of carbonyl (C=O) groups excluding carboxylic acids is 1. The lowest BCUT2D eigenvalue weighted by Crippen LogP contribution is -2.40. The predicted molar refractivity (Wildman–Crippen MR) is 124 cm³/mol. The second-order valence-electron chi connectivity index (χ2n) is 6.97. The maximum absolute atomic E-state index is 10.2. The minimum Gasteiger partial charge on any atom is -0.495 e. The molecule has 0 saturated carbocycles. The lowest BCUT2D eigenvalue weighted by molar-refractivity contribution is -0.120. The molecule has 1 amide bonds. The summed E-state index contributed by atoms with van der Waals surface area (Å²) in [5, 5.41) is 0. The lowest BCUT2D eigenvalue weighted by Gasteiger charge is -2.12. The van der Waals surface area contributed by atoms with E-state index >= 15 is 0 Å². The highest BCUT2D eigenvalue weighted by atomic mass is 16.5. The summed E-state index contributed by atoms with van der Waals surface area (Å²) in [5.74, 6) is 2.17. The van der Waals surface area contributed by atoms with Crippen LogP contribution >= 0.6 is 0 Å². The van der Waals surface area contributed by atoms with Gasteiger partial charge in [0.05, 0.1) is 40.2 Å². The number of nitrogen functional groups attached to an aromatic ring is 1. The maximum Gasteiger partial charge on any atom is 0.234 e. The van der Waals surface area contributed by atoms with Crippen LogP contribution in [-0.4, -0.2) is 40.4 Å². The summed E-state index contributed by atoms with van der Waals surface area (Å²) < 4.78 is 21.2. The molecular formula is C23H33N3O5. The molecule has 2 rings (SSSR count). The maximum atomic E-state index is 10.2. The van der Waals surface area contributed by atoms with E-state index in [1.165, 1.54) is 0 Å². The third-order valence-corrected chi connectivity index (χ3v) is 4.46. The van der Waals surface area contributed by atoms with Crippen LogP contribution in [-0.2, 0) is 4.79 Å². The van der Waals surface area contributed by atoms with Crippen LogP contribution in [0.1, 0.15) is 25.0 Å². The summed E-state index contributed by atoms with van der Waals surface area (Å²) in [5.41, 5.74) is 18.6. The minimum atomic E-state index is -0.491. The predicted octanol–water partition coefficient (Wildman–Crippen LogP) is 2.93. The van der Waals surface area contributed by atoms with Gasteiger partial charge < -0.3 is 36.1 Å². The van der Waals surface area contributed by atoms with Gasteiger partial charge >= 0.3 is 0 Å². The average molecular weight is 432 g/mol. The van der Waals surface area contributed by atoms with Crippen LogP contribution in [0.2, 0.25) is 0 Å². The number of hydrogen-bond acceptors (Lipinski definition) is 7. The quantitative estimate of drug-likeness (QED) is 0.432. The number of primary amides is 1. The summed E-state index contributed by atoms with van der Waals surface area (Å²) in [6.07, 6.45) is 3.90. The molecule has 6 N–H and O–H groups in total. The van der Waals surface area contributed by atoms with Crippen molar-refractivity contribution in [3.63, 3.8) is 0 Å². The van der Waals surface area contributed by atoms with Gasteiger partial charge in [-0.1, -0.05) is 32.1 Å². The van der Waals surface area contributed by atoms with Gasteiger partial charge in [-0.05, 0) is 41.3 Å². The van der Waals surface area contributed by atoms with Gasteiger partial charge in [0.1, 0.15) is 5.75 Å². The molecule has 0 spiro atoms. The van der Waals surface area contributed by atoms with Gasteiger partial charge in [-0.15, -0.1) is 0 Å². The van der Waals surface area contributed by atoms with Crippen molar-refractivity contribution >= 4 is 23.7 Å². The first-order chi connectivity index (χ1) is 14.7. The Kier molecular flexibility index (Phi) is 10.2. The van der Waals surface area contributed by atoms with Gasteiger partial charge in [0.15, 0.2) is 11.5 Å². The summed E-state index contributed by atoms with van der Waals surface area (Å²) in [4.78, 5) is 10.2. The van der Waals surface area contributed by atoms with Gasteiger partial charge in [0.2, 0.25) is 11.7 Å². The number of hydrogen-bond donors (Lipinski definition) is 3. The van der Waals surface area contributed by atoms with Crippen LogP contribution < -0.4 is 36.1 Å². The normalized spacial score (nSPS) is 11.5. The minimum absolute atomic E-state index is 0.146. The molecule has 0 radical (unpaired) electrons. The van der Waals surface area contributed by atoms with E-state index < -0.39 is 11.9 Å². The molecule has 0 heterocycles. The Morgan fingerprint density at radius 2 is 1.35 bits per heavy atom. The zero-order valence-electron chi connectivity index (χ0n) is 19.0. The van der Waals surface area contributed by atoms with Gasteiger partial charge in [-0.2, -0.15) is 0 Å². The lowest BCUT2D eigenvalue weighted by atomic mass is 10.1. The van der Waals surface area contributed by atoms with Gasteiger partial charge in [0.25, 0.3) is 0 Å². The molecule has 170 valence electrons. The Balaban J connectivity index is 0.000000512. The van der Waals surface area contributed by atoms with Crippen LogP contribution in [0.25, 0.3) is 12.2 Å². The zero-order valence-corrected chi connectivity index (χ0v) is 19.0. The average Bonchev–Trinajstić information content (AvgIpc) is 2.76. The molecule has 8 heteroatoms. The molecule has 0 fully saturated rings. The van der Waals surface area contributed by atoms with E-state index in [1.54, 1.807) is 28.4 Å². The van der Waals surface area contributed by atoms with Crippen molar-refractivity contribution in [3.05, 3.63) is 41.5 Å². The summed E-state index contributed by atoms with van der Waals surface area (Å²) in [6, 6.07) is 8.89. The fourth-order valence-electron chi connectivity index (χ4n) is 2.58. The third kappa shape index (κ3) is 7.42. The second kappa shape index (κ2) is 12.3. The molecule has 0 aromatic heterocycles. The first-order valence-electron chi connectivity index (χ1n) is 9.64. The Hall–Kier alpha value is -3.39. The van der Waals surface area contributed by atoms with E-state index in [9.17, 15) is 4.79 Å². The van der Waals surface area contributed by atoms with Crippen LogP contribution in [0.15, 0.2) is 30.3 Å². The summed E-state index contributed by atoms with van der Waals surface area (Å²) in [7, 11) is 6.36. The van der Waals surface area contributed by atoms with E-state index in [-0.39, 0.29) is 5.92 Å². The molecule has 2 aromatic rings. The van der Waals surface area contributed by atoms with Crippen molar-refractivity contribution in [2.75, 3.05) is 34.2 Å². The number of rotatable bonds is 8. The first kappa shape index (κ1) is 25.6. The molecule has 31 heavy (non-hydrogen) atoms. The Morgan fingerprint density at radius 1 is 0.839 bits per heavy atom. The Morgan fingerprint density at radius 3 is 1.71 bits per heavy atom. The topological polar surface area (TPSA) is 132 Å². The number of nitrogens with two attached hydrogens (primary N) is 3. The molecule has 1 atom stereocenters. The first-order valence-corrected chi connectivity index (χ1v) is 9.64. The molecule has 2 aromatic carbocycles. The zero-order chi connectivity index (χ0) is 23.6. The number of methoxy groups -OCH3 is 4. The second-order valence-corrected chi connectivity index (χ2v) is 6.97. The highest BCUT2D eigenvalue weighted by Gasteiger charge is 2.12. The fourth-order valence-corrected chi connectivity index (χ4v) is 2.58. The molecule has 0 aliphatic carbocycles. The third-order valence-electron chi connectivity index (χ3n) is 4.46. The number of benzene rings is 2.